The van der Waals surface area contributed by atoms with Crippen LogP contribution in [-0.2, 0) is 11.2 Å². The number of fused-ring (bicyclic) bond motifs is 1. The molecule has 2 unspecified atom stereocenters. The van der Waals surface area contributed by atoms with Crippen molar-refractivity contribution in [2.75, 3.05) is 17.7 Å². The molecule has 1 aromatic heterocycles. The monoisotopic (exact) mass is 372 g/mol. The minimum atomic E-state index is -0.246. The van der Waals surface area contributed by atoms with Crippen molar-refractivity contribution in [3.05, 3.63) is 54.2 Å². The normalized spacial score (nSPS) is 17.9. The topological polar surface area (TPSA) is 112 Å². The van der Waals surface area contributed by atoms with Gasteiger partial charge in [0.2, 0.25) is 5.91 Å². The summed E-state index contributed by atoms with van der Waals surface area (Å²) < 4.78 is 0. The Balaban J connectivity index is 1.69. The molecule has 1 aliphatic rings. The van der Waals surface area contributed by atoms with Crippen LogP contribution < -0.4 is 11.1 Å². The number of aliphatic hydroxyl groups excluding tert-OH is 1. The van der Waals surface area contributed by atoms with Gasteiger partial charge in [0.15, 0.2) is 0 Å². The van der Waals surface area contributed by atoms with E-state index < -0.39 is 0 Å². The Hall–Kier alpha value is -3.43. The lowest BCUT2D eigenvalue weighted by molar-refractivity contribution is -0.117. The molecule has 2 atom stereocenters. The van der Waals surface area contributed by atoms with Crippen LogP contribution in [0.2, 0.25) is 0 Å². The number of nitrogen functional groups attached to an aromatic ring is 1. The smallest absolute Gasteiger partial charge is 0.230 e. The van der Waals surface area contributed by atoms with Gasteiger partial charge in [0, 0.05) is 23.9 Å². The summed E-state index contributed by atoms with van der Waals surface area (Å²) >= 11 is 0. The Labute approximate surface area is 162 Å². The zero-order valence-corrected chi connectivity index (χ0v) is 15.2. The lowest BCUT2D eigenvalue weighted by Crippen LogP contribution is -2.15. The number of rotatable bonds is 5. The number of hydrogen-bond donors (Lipinski definition) is 3. The second-order valence-electron chi connectivity index (χ2n) is 7.05. The number of carbonyl (C=O) groups is 1. The first-order chi connectivity index (χ1) is 13.6. The molecule has 4 rings (SSSR count). The predicted octanol–water partition coefficient (Wildman–Crippen LogP) is 3.12. The lowest BCUT2D eigenvalue weighted by Gasteiger charge is -2.12. The van der Waals surface area contributed by atoms with Gasteiger partial charge < -0.3 is 16.2 Å². The molecule has 1 amide bonds. The second kappa shape index (κ2) is 7.29. The molecule has 28 heavy (non-hydrogen) atoms. The van der Waals surface area contributed by atoms with E-state index in [0.717, 1.165) is 27.5 Å². The molecule has 2 aromatic carbocycles. The number of nitrogens with one attached hydrogen (secondary N) is 1. The number of benzene rings is 2. The first-order valence-corrected chi connectivity index (χ1v) is 9.19. The highest BCUT2D eigenvalue weighted by molar-refractivity contribution is 6.00. The maximum absolute atomic E-state index is 12.2. The summed E-state index contributed by atoms with van der Waals surface area (Å²) in [7, 11) is 0. The molecular formula is C22H20N4O2. The standard InChI is InChI=1S/C22H20N4O2/c23-11-16-8-18(16)22(28)26-21-10-15-7-14(9-20(24)19(15)12-25-21)17-4-2-1-3-13(17)5-6-27/h1-4,7,9-10,12,16,18,27H,5-6,8,24H2,(H,25,26,28). The summed E-state index contributed by atoms with van der Waals surface area (Å²) in [6.07, 6.45) is 2.82. The lowest BCUT2D eigenvalue weighted by atomic mass is 9.95. The highest BCUT2D eigenvalue weighted by Crippen LogP contribution is 2.38. The number of nitrogens with two attached hydrogens (primary N) is 1. The number of nitriles is 1. The Kier molecular flexibility index (Phi) is 4.68. The van der Waals surface area contributed by atoms with Gasteiger partial charge in [-0.15, -0.1) is 0 Å². The van der Waals surface area contributed by atoms with Gasteiger partial charge in [-0.05, 0) is 53.1 Å². The van der Waals surface area contributed by atoms with Crippen LogP contribution in [0.4, 0.5) is 11.5 Å². The van der Waals surface area contributed by atoms with Crippen molar-refractivity contribution < 1.29 is 9.90 Å². The predicted molar refractivity (Wildman–Crippen MR) is 108 cm³/mol. The number of anilines is 2. The average molecular weight is 372 g/mol. The fourth-order valence-electron chi connectivity index (χ4n) is 3.50. The third-order valence-electron chi connectivity index (χ3n) is 5.12. The molecule has 0 bridgehead atoms. The van der Waals surface area contributed by atoms with E-state index in [9.17, 15) is 9.90 Å². The zero-order chi connectivity index (χ0) is 19.7. The van der Waals surface area contributed by atoms with E-state index in [2.05, 4.69) is 16.4 Å². The molecule has 140 valence electrons. The van der Waals surface area contributed by atoms with Crippen molar-refractivity contribution in [2.45, 2.75) is 12.8 Å². The van der Waals surface area contributed by atoms with Crippen molar-refractivity contribution in [2.24, 2.45) is 11.8 Å². The quantitative estimate of drug-likeness (QED) is 0.596. The van der Waals surface area contributed by atoms with Gasteiger partial charge in [-0.2, -0.15) is 5.26 Å². The number of hydrogen-bond acceptors (Lipinski definition) is 5. The van der Waals surface area contributed by atoms with E-state index >= 15 is 0 Å². The maximum atomic E-state index is 12.2. The van der Waals surface area contributed by atoms with Crippen LogP contribution in [-0.4, -0.2) is 22.6 Å². The van der Waals surface area contributed by atoms with Crippen LogP contribution in [0.5, 0.6) is 0 Å². The molecule has 6 heteroatoms. The average Bonchev–Trinajstić information content (AvgIpc) is 3.48. The number of pyridine rings is 1. The Morgan fingerprint density at radius 1 is 1.32 bits per heavy atom. The number of carbonyl (C=O) groups excluding carboxylic acids is 1. The van der Waals surface area contributed by atoms with Gasteiger partial charge in [-0.25, -0.2) is 4.98 Å². The minimum Gasteiger partial charge on any atom is -0.398 e. The molecule has 1 aliphatic carbocycles. The number of nitrogens with zero attached hydrogens (tertiary/aromatic N) is 2. The van der Waals surface area contributed by atoms with Crippen molar-refractivity contribution in [3.8, 4) is 17.2 Å². The first-order valence-electron chi connectivity index (χ1n) is 9.19. The van der Waals surface area contributed by atoms with Crippen LogP contribution >= 0.6 is 0 Å². The molecule has 3 aromatic rings. The van der Waals surface area contributed by atoms with Crippen LogP contribution in [0.1, 0.15) is 12.0 Å². The molecule has 4 N–H and O–H groups in total. The number of aliphatic hydroxyl groups is 1. The van der Waals surface area contributed by atoms with E-state index in [1.165, 1.54) is 0 Å². The fraction of sp³-hybridized carbons (Fsp3) is 0.227. The SMILES string of the molecule is N#CC1CC1C(=O)Nc1cc2cc(-c3ccccc3CCO)cc(N)c2cn1. The Morgan fingerprint density at radius 3 is 2.89 bits per heavy atom. The van der Waals surface area contributed by atoms with Crippen LogP contribution in [0, 0.1) is 23.2 Å². The third-order valence-corrected chi connectivity index (χ3v) is 5.12. The van der Waals surface area contributed by atoms with Crippen LogP contribution in [0.3, 0.4) is 0 Å². The summed E-state index contributed by atoms with van der Waals surface area (Å²) in [6, 6.07) is 15.7. The number of amides is 1. The molecule has 1 fully saturated rings. The summed E-state index contributed by atoms with van der Waals surface area (Å²) in [5.41, 5.74) is 9.86. The van der Waals surface area contributed by atoms with E-state index in [-0.39, 0.29) is 24.3 Å². The van der Waals surface area contributed by atoms with Gasteiger partial charge >= 0.3 is 0 Å². The van der Waals surface area contributed by atoms with Crippen molar-refractivity contribution >= 4 is 28.2 Å². The molecule has 1 saturated carbocycles. The molecule has 0 saturated heterocycles. The third kappa shape index (κ3) is 3.40. The number of aromatic nitrogens is 1. The van der Waals surface area contributed by atoms with E-state index in [0.29, 0.717) is 24.3 Å². The summed E-state index contributed by atoms with van der Waals surface area (Å²) in [5.74, 6) is -0.160. The van der Waals surface area contributed by atoms with E-state index in [4.69, 9.17) is 11.0 Å². The van der Waals surface area contributed by atoms with Gasteiger partial charge in [-0.3, -0.25) is 4.79 Å². The van der Waals surface area contributed by atoms with Gasteiger partial charge in [0.1, 0.15) is 5.82 Å². The van der Waals surface area contributed by atoms with Crippen molar-refractivity contribution in [3.63, 3.8) is 0 Å². The minimum absolute atomic E-state index is 0.0744. The summed E-state index contributed by atoms with van der Waals surface area (Å²) in [4.78, 5) is 16.5. The highest BCUT2D eigenvalue weighted by Gasteiger charge is 2.43. The maximum Gasteiger partial charge on any atom is 0.230 e. The highest BCUT2D eigenvalue weighted by atomic mass is 16.3. The van der Waals surface area contributed by atoms with Crippen LogP contribution in [0.15, 0.2) is 48.7 Å². The largest absolute Gasteiger partial charge is 0.398 e. The second-order valence-corrected chi connectivity index (χ2v) is 7.05. The molecule has 6 nitrogen and oxygen atoms in total. The summed E-state index contributed by atoms with van der Waals surface area (Å²) in [5, 5.41) is 22.7. The molecule has 0 radical (unpaired) electrons. The first kappa shape index (κ1) is 18.0. The zero-order valence-electron chi connectivity index (χ0n) is 15.2. The fourth-order valence-corrected chi connectivity index (χ4v) is 3.50. The van der Waals surface area contributed by atoms with Crippen molar-refractivity contribution in [1.82, 2.24) is 4.98 Å². The molecule has 1 heterocycles. The molecule has 0 aliphatic heterocycles. The van der Waals surface area contributed by atoms with Gasteiger partial charge in [-0.1, -0.05) is 24.3 Å². The van der Waals surface area contributed by atoms with Gasteiger partial charge in [0.05, 0.1) is 17.9 Å². The Bertz CT molecular complexity index is 1100. The van der Waals surface area contributed by atoms with Crippen LogP contribution in [0.25, 0.3) is 21.9 Å². The molecule has 0 spiro atoms. The van der Waals surface area contributed by atoms with E-state index in [1.54, 1.807) is 12.3 Å². The van der Waals surface area contributed by atoms with E-state index in [1.807, 2.05) is 36.4 Å². The summed E-state index contributed by atoms with van der Waals surface area (Å²) in [6.45, 7) is 0.0744. The van der Waals surface area contributed by atoms with Crippen molar-refractivity contribution in [1.29, 1.82) is 5.26 Å². The Morgan fingerprint density at radius 2 is 2.14 bits per heavy atom. The molecular weight excluding hydrogens is 352 g/mol. The van der Waals surface area contributed by atoms with Gasteiger partial charge in [0.25, 0.3) is 0 Å².